The lowest BCUT2D eigenvalue weighted by Crippen LogP contribution is -2.48. The van der Waals surface area contributed by atoms with E-state index in [1.54, 1.807) is 30.3 Å². The van der Waals surface area contributed by atoms with Crippen LogP contribution >= 0.6 is 11.6 Å². The van der Waals surface area contributed by atoms with E-state index in [4.69, 9.17) is 22.1 Å². The highest BCUT2D eigenvalue weighted by Crippen LogP contribution is 2.40. The first-order valence-corrected chi connectivity index (χ1v) is 9.27. The molecule has 1 atom stereocenters. The van der Waals surface area contributed by atoms with Gasteiger partial charge in [-0.25, -0.2) is 0 Å². The highest BCUT2D eigenvalue weighted by atomic mass is 35.5. The highest BCUT2D eigenvalue weighted by Gasteiger charge is 2.39. The molecule has 2 aromatic carbocycles. The normalized spacial score (nSPS) is 13.9. The molecule has 26 heavy (non-hydrogen) atoms. The van der Waals surface area contributed by atoms with Crippen molar-refractivity contribution in [3.63, 3.8) is 0 Å². The molecule has 4 nitrogen and oxygen atoms in total. The minimum atomic E-state index is -1.30. The van der Waals surface area contributed by atoms with Crippen molar-refractivity contribution in [2.24, 2.45) is 5.73 Å². The molecule has 140 valence electrons. The molecule has 0 bridgehead atoms. The molecule has 0 aliphatic heterocycles. The third-order valence-electron chi connectivity index (χ3n) is 5.04. The minimum absolute atomic E-state index is 0.412. The molecule has 0 fully saturated rings. The van der Waals surface area contributed by atoms with Gasteiger partial charge in [-0.15, -0.1) is 0 Å². The average Bonchev–Trinajstić information content (AvgIpc) is 2.65. The molecule has 0 saturated heterocycles. The molecular formula is C21H26ClNO3. The zero-order valence-electron chi connectivity index (χ0n) is 15.5. The second-order valence-corrected chi connectivity index (χ2v) is 6.82. The third-order valence-corrected chi connectivity index (χ3v) is 5.28. The Kier molecular flexibility index (Phi) is 6.32. The molecule has 0 aromatic heterocycles. The fraction of sp³-hybridized carbons (Fsp3) is 0.381. The monoisotopic (exact) mass is 375 g/mol. The van der Waals surface area contributed by atoms with Crippen LogP contribution in [0.15, 0.2) is 48.5 Å². The standard InChI is InChI=1S/C21H26ClNO3/c1-4-20(5-2,19(23)24)26-18-13-8-7-12-17(18)21(25,6-3)15-10-9-11-16(22)14-15/h7-14,25H,4-6H2,1-3H3,(H2,23,24). The van der Waals surface area contributed by atoms with E-state index in [0.717, 1.165) is 0 Å². The summed E-state index contributed by atoms with van der Waals surface area (Å²) in [6.45, 7) is 5.61. The Labute approximate surface area is 159 Å². The number of halogens is 1. The van der Waals surface area contributed by atoms with Crippen LogP contribution in [0.25, 0.3) is 0 Å². The largest absolute Gasteiger partial charge is 0.477 e. The molecule has 0 radical (unpaired) electrons. The van der Waals surface area contributed by atoms with Crippen LogP contribution in [0.1, 0.15) is 51.2 Å². The molecule has 0 aliphatic rings. The number of primary amides is 1. The summed E-state index contributed by atoms with van der Waals surface area (Å²) in [4.78, 5) is 12.1. The Morgan fingerprint density at radius 1 is 1.08 bits per heavy atom. The lowest BCUT2D eigenvalue weighted by Gasteiger charge is -2.34. The van der Waals surface area contributed by atoms with Gasteiger partial charge in [-0.2, -0.15) is 0 Å². The number of rotatable bonds is 8. The highest BCUT2D eigenvalue weighted by molar-refractivity contribution is 6.30. The van der Waals surface area contributed by atoms with Crippen molar-refractivity contribution in [1.82, 2.24) is 0 Å². The average molecular weight is 376 g/mol. The number of aliphatic hydroxyl groups is 1. The summed E-state index contributed by atoms with van der Waals surface area (Å²) in [7, 11) is 0. The Balaban J connectivity index is 2.58. The Morgan fingerprint density at radius 2 is 1.73 bits per heavy atom. The maximum atomic E-state index is 12.1. The predicted octanol–water partition coefficient (Wildman–Crippen LogP) is 4.41. The van der Waals surface area contributed by atoms with Crippen molar-refractivity contribution in [3.8, 4) is 5.75 Å². The lowest BCUT2D eigenvalue weighted by atomic mass is 9.83. The number of para-hydroxylation sites is 1. The van der Waals surface area contributed by atoms with E-state index < -0.39 is 17.1 Å². The molecule has 1 unspecified atom stereocenters. The second-order valence-electron chi connectivity index (χ2n) is 6.39. The van der Waals surface area contributed by atoms with E-state index in [1.807, 2.05) is 39.0 Å². The molecule has 0 spiro atoms. The van der Waals surface area contributed by atoms with Crippen molar-refractivity contribution in [2.45, 2.75) is 51.2 Å². The second kappa shape index (κ2) is 8.11. The van der Waals surface area contributed by atoms with Gasteiger partial charge in [-0.1, -0.05) is 62.7 Å². The number of ether oxygens (including phenoxy) is 1. The van der Waals surface area contributed by atoms with Crippen LogP contribution < -0.4 is 10.5 Å². The van der Waals surface area contributed by atoms with Gasteiger partial charge in [0.1, 0.15) is 11.4 Å². The number of nitrogens with two attached hydrogens (primary N) is 1. The van der Waals surface area contributed by atoms with Crippen molar-refractivity contribution >= 4 is 17.5 Å². The van der Waals surface area contributed by atoms with Gasteiger partial charge in [-0.05, 0) is 43.0 Å². The van der Waals surface area contributed by atoms with Crippen LogP contribution in [0.4, 0.5) is 0 Å². The summed E-state index contributed by atoms with van der Waals surface area (Å²) in [5, 5.41) is 12.0. The van der Waals surface area contributed by atoms with E-state index >= 15 is 0 Å². The van der Waals surface area contributed by atoms with Gasteiger partial charge in [-0.3, -0.25) is 4.79 Å². The van der Waals surface area contributed by atoms with Gasteiger partial charge < -0.3 is 15.6 Å². The number of hydrogen-bond donors (Lipinski definition) is 2. The Morgan fingerprint density at radius 3 is 2.27 bits per heavy atom. The van der Waals surface area contributed by atoms with E-state index in [2.05, 4.69) is 0 Å². The summed E-state index contributed by atoms with van der Waals surface area (Å²) in [5.74, 6) is -0.0700. The zero-order valence-corrected chi connectivity index (χ0v) is 16.2. The fourth-order valence-corrected chi connectivity index (χ4v) is 3.39. The molecule has 2 aromatic rings. The lowest BCUT2D eigenvalue weighted by molar-refractivity contribution is -0.134. The number of carbonyl (C=O) groups excluding carboxylic acids is 1. The van der Waals surface area contributed by atoms with E-state index in [9.17, 15) is 9.90 Å². The predicted molar refractivity (Wildman–Crippen MR) is 104 cm³/mol. The van der Waals surface area contributed by atoms with Crippen LogP contribution in [0.5, 0.6) is 5.75 Å². The Hall–Kier alpha value is -2.04. The van der Waals surface area contributed by atoms with Crippen molar-refractivity contribution in [2.75, 3.05) is 0 Å². The van der Waals surface area contributed by atoms with Crippen LogP contribution in [0.3, 0.4) is 0 Å². The van der Waals surface area contributed by atoms with Gasteiger partial charge in [0.25, 0.3) is 5.91 Å². The van der Waals surface area contributed by atoms with Gasteiger partial charge >= 0.3 is 0 Å². The summed E-state index contributed by atoms with van der Waals surface area (Å²) < 4.78 is 6.13. The smallest absolute Gasteiger partial charge is 0.261 e. The summed E-state index contributed by atoms with van der Waals surface area (Å²) in [5.41, 5.74) is 4.46. The van der Waals surface area contributed by atoms with Crippen LogP contribution in [0.2, 0.25) is 5.02 Å². The molecule has 0 heterocycles. The first-order chi connectivity index (χ1) is 12.3. The topological polar surface area (TPSA) is 72.6 Å². The van der Waals surface area contributed by atoms with Crippen LogP contribution in [-0.2, 0) is 10.4 Å². The first kappa shape index (κ1) is 20.3. The molecule has 0 aliphatic carbocycles. The van der Waals surface area contributed by atoms with Gasteiger partial charge in [0, 0.05) is 10.6 Å². The van der Waals surface area contributed by atoms with E-state index in [0.29, 0.717) is 41.2 Å². The number of carbonyl (C=O) groups is 1. The molecule has 3 N–H and O–H groups in total. The summed E-state index contributed by atoms with van der Waals surface area (Å²) >= 11 is 6.12. The number of hydrogen-bond acceptors (Lipinski definition) is 3. The van der Waals surface area contributed by atoms with E-state index in [-0.39, 0.29) is 0 Å². The number of benzene rings is 2. The summed E-state index contributed by atoms with van der Waals surface area (Å²) in [6, 6.07) is 14.3. The first-order valence-electron chi connectivity index (χ1n) is 8.89. The zero-order chi connectivity index (χ0) is 19.4. The van der Waals surface area contributed by atoms with Crippen LogP contribution in [-0.4, -0.2) is 16.6 Å². The SMILES string of the molecule is CCC(CC)(Oc1ccccc1C(O)(CC)c1cccc(Cl)c1)C(N)=O. The van der Waals surface area contributed by atoms with Gasteiger partial charge in [0.05, 0.1) is 0 Å². The number of amides is 1. The molecule has 0 saturated carbocycles. The maximum Gasteiger partial charge on any atom is 0.261 e. The van der Waals surface area contributed by atoms with Crippen molar-refractivity contribution in [1.29, 1.82) is 0 Å². The molecule has 1 amide bonds. The quantitative estimate of drug-likeness (QED) is 0.717. The molecule has 5 heteroatoms. The van der Waals surface area contributed by atoms with Crippen molar-refractivity contribution in [3.05, 3.63) is 64.7 Å². The van der Waals surface area contributed by atoms with Gasteiger partial charge in [0.2, 0.25) is 0 Å². The Bertz CT molecular complexity index is 773. The van der Waals surface area contributed by atoms with Crippen LogP contribution in [0, 0.1) is 0 Å². The molecular weight excluding hydrogens is 350 g/mol. The fourth-order valence-electron chi connectivity index (χ4n) is 3.20. The van der Waals surface area contributed by atoms with Crippen molar-refractivity contribution < 1.29 is 14.6 Å². The van der Waals surface area contributed by atoms with Gasteiger partial charge in [0.15, 0.2) is 5.60 Å². The maximum absolute atomic E-state index is 12.1. The third kappa shape index (κ3) is 3.71. The molecule has 2 rings (SSSR count). The summed E-state index contributed by atoms with van der Waals surface area (Å²) in [6.07, 6.45) is 1.29. The van der Waals surface area contributed by atoms with E-state index in [1.165, 1.54) is 0 Å². The minimum Gasteiger partial charge on any atom is -0.477 e.